The Bertz CT molecular complexity index is 993. The van der Waals surface area contributed by atoms with Gasteiger partial charge in [0.05, 0.1) is 17.2 Å². The lowest BCUT2D eigenvalue weighted by Crippen LogP contribution is -2.44. The van der Waals surface area contributed by atoms with Crippen molar-refractivity contribution in [3.05, 3.63) is 41.9 Å². The maximum absolute atomic E-state index is 12.1. The lowest BCUT2D eigenvalue weighted by Gasteiger charge is -2.33. The lowest BCUT2D eigenvalue weighted by atomic mass is 9.97. The molecule has 4 rings (SSSR count). The Morgan fingerprint density at radius 3 is 2.71 bits per heavy atom. The number of piperidine rings is 1. The van der Waals surface area contributed by atoms with Crippen molar-refractivity contribution in [2.75, 3.05) is 27.2 Å². The highest BCUT2D eigenvalue weighted by Gasteiger charge is 2.24. The largest absolute Gasteiger partial charge is 0.331 e. The number of pyridine rings is 2. The number of nitrogens with zero attached hydrogens (tertiary/aromatic N) is 6. The highest BCUT2D eigenvalue weighted by Crippen LogP contribution is 2.24. The van der Waals surface area contributed by atoms with Crippen molar-refractivity contribution in [3.8, 4) is 11.1 Å². The van der Waals surface area contributed by atoms with Gasteiger partial charge in [-0.15, -0.1) is 0 Å². The molecule has 1 saturated heterocycles. The number of urea groups is 1. The molecule has 1 aliphatic heterocycles. The molecule has 3 aromatic rings. The Balaban J connectivity index is 1.42. The van der Waals surface area contributed by atoms with Crippen molar-refractivity contribution in [1.29, 1.82) is 0 Å². The van der Waals surface area contributed by atoms with Crippen molar-refractivity contribution in [3.63, 3.8) is 0 Å². The molecule has 7 nitrogen and oxygen atoms in total. The monoisotopic (exact) mass is 398 g/mol. The normalized spacial score (nSPS) is 15.2. The predicted molar refractivity (Wildman–Crippen MR) is 109 cm³/mol. The van der Waals surface area contributed by atoms with Gasteiger partial charge in [-0.05, 0) is 37.0 Å². The topological polar surface area (TPSA) is 67.2 Å². The Kier molecular flexibility index (Phi) is 5.17. The number of hydrogen-bond donors (Lipinski definition) is 0. The van der Waals surface area contributed by atoms with Crippen LogP contribution in [-0.2, 0) is 6.54 Å². The van der Waals surface area contributed by atoms with Crippen molar-refractivity contribution >= 4 is 28.7 Å². The van der Waals surface area contributed by atoms with Crippen molar-refractivity contribution in [2.45, 2.75) is 19.4 Å². The first-order valence-electron chi connectivity index (χ1n) is 9.41. The average molecular weight is 399 g/mol. The lowest BCUT2D eigenvalue weighted by molar-refractivity contribution is 0.142. The Labute approximate surface area is 168 Å². The van der Waals surface area contributed by atoms with E-state index in [4.69, 9.17) is 11.6 Å². The highest BCUT2D eigenvalue weighted by molar-refractivity contribution is 6.29. The number of halogens is 1. The number of aromatic nitrogens is 4. The van der Waals surface area contributed by atoms with Gasteiger partial charge in [0, 0.05) is 57.3 Å². The molecule has 0 spiro atoms. The molecule has 4 heterocycles. The smallest absolute Gasteiger partial charge is 0.319 e. The van der Waals surface area contributed by atoms with Gasteiger partial charge in [0.15, 0.2) is 0 Å². The number of amides is 2. The van der Waals surface area contributed by atoms with Gasteiger partial charge in [0.25, 0.3) is 0 Å². The molecule has 0 atom stereocenters. The van der Waals surface area contributed by atoms with Gasteiger partial charge in [-0.25, -0.2) is 9.78 Å². The van der Waals surface area contributed by atoms with Crippen molar-refractivity contribution in [2.24, 2.45) is 5.92 Å². The summed E-state index contributed by atoms with van der Waals surface area (Å²) in [6.45, 7) is 2.46. The van der Waals surface area contributed by atoms with E-state index in [1.165, 1.54) is 0 Å². The molecule has 0 saturated carbocycles. The minimum atomic E-state index is 0.0948. The quantitative estimate of drug-likeness (QED) is 0.633. The summed E-state index contributed by atoms with van der Waals surface area (Å²) >= 11 is 5.99. The number of carbonyl (C=O) groups is 1. The third-order valence-electron chi connectivity index (χ3n) is 5.18. The summed E-state index contributed by atoms with van der Waals surface area (Å²) in [5.74, 6) is 0.522. The van der Waals surface area contributed by atoms with E-state index in [1.807, 2.05) is 40.3 Å². The molecule has 146 valence electrons. The Morgan fingerprint density at radius 1 is 1.18 bits per heavy atom. The Morgan fingerprint density at radius 2 is 1.96 bits per heavy atom. The van der Waals surface area contributed by atoms with Crippen molar-refractivity contribution in [1.82, 2.24) is 29.5 Å². The summed E-state index contributed by atoms with van der Waals surface area (Å²) < 4.78 is 1.99. The third-order valence-corrected chi connectivity index (χ3v) is 5.39. The van der Waals surface area contributed by atoms with Crippen molar-refractivity contribution < 1.29 is 4.79 Å². The fraction of sp³-hybridized carbons (Fsp3) is 0.400. The zero-order valence-corrected chi connectivity index (χ0v) is 16.8. The van der Waals surface area contributed by atoms with Crippen LogP contribution in [0.3, 0.4) is 0 Å². The molecule has 8 heteroatoms. The van der Waals surface area contributed by atoms with Crippen LogP contribution >= 0.6 is 11.6 Å². The number of carbonyl (C=O) groups excluding carboxylic acids is 1. The van der Waals surface area contributed by atoms with E-state index in [-0.39, 0.29) is 6.03 Å². The third kappa shape index (κ3) is 3.94. The van der Waals surface area contributed by atoms with Gasteiger partial charge in [-0.1, -0.05) is 11.6 Å². The van der Waals surface area contributed by atoms with E-state index in [0.29, 0.717) is 11.1 Å². The SMILES string of the molecule is CN(C)C(=O)N1CCC(Cn2cc(-c3cnc4ccc(Cl)nc4c3)cn2)CC1. The molecule has 0 N–H and O–H groups in total. The van der Waals surface area contributed by atoms with Crippen LogP contribution < -0.4 is 0 Å². The summed E-state index contributed by atoms with van der Waals surface area (Å²) in [6, 6.07) is 5.69. The molecule has 28 heavy (non-hydrogen) atoms. The first-order chi connectivity index (χ1) is 13.5. The van der Waals surface area contributed by atoms with E-state index in [1.54, 1.807) is 25.1 Å². The molecule has 1 fully saturated rings. The molecule has 1 aliphatic rings. The molecular weight excluding hydrogens is 376 g/mol. The zero-order valence-electron chi connectivity index (χ0n) is 16.0. The molecule has 2 amide bonds. The van der Waals surface area contributed by atoms with Gasteiger partial charge in [0.1, 0.15) is 5.15 Å². The van der Waals surface area contributed by atoms with E-state index in [9.17, 15) is 4.79 Å². The zero-order chi connectivity index (χ0) is 19.7. The summed E-state index contributed by atoms with van der Waals surface area (Å²) in [5.41, 5.74) is 3.58. The first-order valence-corrected chi connectivity index (χ1v) is 9.79. The van der Waals surface area contributed by atoms with Gasteiger partial charge in [0.2, 0.25) is 0 Å². The predicted octanol–water partition coefficient (Wildman–Crippen LogP) is 3.54. The molecule has 0 bridgehead atoms. The molecule has 0 aromatic carbocycles. The second kappa shape index (κ2) is 7.75. The molecule has 0 aliphatic carbocycles. The van der Waals surface area contributed by atoms with Gasteiger partial charge in [-0.3, -0.25) is 9.67 Å². The molecule has 0 radical (unpaired) electrons. The van der Waals surface area contributed by atoms with Crippen LogP contribution in [-0.4, -0.2) is 62.8 Å². The number of fused-ring (bicyclic) bond motifs is 1. The molecular formula is C20H23ClN6O. The molecule has 3 aromatic heterocycles. The Hall–Kier alpha value is -2.67. The van der Waals surface area contributed by atoms with Crippen LogP contribution in [0.15, 0.2) is 36.8 Å². The standard InChI is InChI=1S/C20H23ClN6O/c1-25(2)20(28)26-7-5-14(6-8-26)12-27-13-16(11-23-27)15-9-18-17(22-10-15)3-4-19(21)24-18/h3-4,9-11,13-14H,5-8,12H2,1-2H3. The van der Waals surface area contributed by atoms with Crippen LogP contribution in [0.1, 0.15) is 12.8 Å². The fourth-order valence-electron chi connectivity index (χ4n) is 3.61. The number of rotatable bonds is 3. The maximum atomic E-state index is 12.1. The summed E-state index contributed by atoms with van der Waals surface area (Å²) in [6.07, 6.45) is 7.73. The summed E-state index contributed by atoms with van der Waals surface area (Å²) in [5, 5.41) is 4.98. The number of hydrogen-bond acceptors (Lipinski definition) is 4. The summed E-state index contributed by atoms with van der Waals surface area (Å²) in [7, 11) is 3.59. The minimum absolute atomic E-state index is 0.0948. The van der Waals surface area contributed by atoms with Gasteiger partial charge in [-0.2, -0.15) is 5.10 Å². The number of likely N-dealkylation sites (tertiary alicyclic amines) is 1. The second-order valence-corrected chi connectivity index (χ2v) is 7.84. The van der Waals surface area contributed by atoms with E-state index < -0.39 is 0 Å². The second-order valence-electron chi connectivity index (χ2n) is 7.45. The van der Waals surface area contributed by atoms with Crippen LogP contribution in [0.5, 0.6) is 0 Å². The van der Waals surface area contributed by atoms with Crippen LogP contribution in [0.4, 0.5) is 4.79 Å². The fourth-order valence-corrected chi connectivity index (χ4v) is 3.76. The van der Waals surface area contributed by atoms with Gasteiger partial charge < -0.3 is 9.80 Å². The summed E-state index contributed by atoms with van der Waals surface area (Å²) in [4.78, 5) is 24.4. The van der Waals surface area contributed by atoms with E-state index in [2.05, 4.69) is 15.1 Å². The average Bonchev–Trinajstić information content (AvgIpc) is 3.16. The highest BCUT2D eigenvalue weighted by atomic mass is 35.5. The first kappa shape index (κ1) is 18.7. The van der Waals surface area contributed by atoms with E-state index in [0.717, 1.165) is 54.6 Å². The van der Waals surface area contributed by atoms with E-state index >= 15 is 0 Å². The maximum Gasteiger partial charge on any atom is 0.319 e. The van der Waals surface area contributed by atoms with Crippen LogP contribution in [0, 0.1) is 5.92 Å². The van der Waals surface area contributed by atoms with Crippen LogP contribution in [0.25, 0.3) is 22.2 Å². The molecule has 0 unspecified atom stereocenters. The minimum Gasteiger partial charge on any atom is -0.331 e. The van der Waals surface area contributed by atoms with Crippen LogP contribution in [0.2, 0.25) is 5.15 Å². The van der Waals surface area contributed by atoms with Gasteiger partial charge >= 0.3 is 6.03 Å².